The number of nitrogens with one attached hydrogen (secondary N) is 1. The van der Waals surface area contributed by atoms with Gasteiger partial charge in [0.2, 0.25) is 10.0 Å². The molecule has 0 aliphatic rings. The smallest absolute Gasteiger partial charge is 0.212 e. The van der Waals surface area contributed by atoms with Crippen molar-refractivity contribution in [3.8, 4) is 0 Å². The Morgan fingerprint density at radius 2 is 1.59 bits per heavy atom. The van der Waals surface area contributed by atoms with Crippen LogP contribution in [0.15, 0.2) is 0 Å². The SMILES string of the molecule is CC(C)(C)CS(=O)(=O)NC(CCN)C(C)(C)C. The first-order valence-electron chi connectivity index (χ1n) is 6.07. The fourth-order valence-corrected chi connectivity index (χ4v) is 3.79. The molecule has 0 radical (unpaired) electrons. The first-order chi connectivity index (χ1) is 7.37. The fourth-order valence-electron chi connectivity index (χ4n) is 1.66. The highest BCUT2D eigenvalue weighted by Gasteiger charge is 2.30. The van der Waals surface area contributed by atoms with Gasteiger partial charge >= 0.3 is 0 Å². The van der Waals surface area contributed by atoms with Gasteiger partial charge in [-0.1, -0.05) is 41.5 Å². The van der Waals surface area contributed by atoms with E-state index in [2.05, 4.69) is 4.72 Å². The molecule has 0 saturated carbocycles. The lowest BCUT2D eigenvalue weighted by Crippen LogP contribution is -2.46. The zero-order chi connectivity index (χ0) is 13.9. The van der Waals surface area contributed by atoms with Gasteiger partial charge in [-0.25, -0.2) is 13.1 Å². The summed E-state index contributed by atoms with van der Waals surface area (Å²) in [6.45, 7) is 12.3. The molecule has 0 spiro atoms. The van der Waals surface area contributed by atoms with Crippen molar-refractivity contribution in [2.45, 2.75) is 54.0 Å². The zero-order valence-electron chi connectivity index (χ0n) is 12.0. The maximum atomic E-state index is 12.0. The third-order valence-electron chi connectivity index (χ3n) is 2.45. The summed E-state index contributed by atoms with van der Waals surface area (Å²) in [4.78, 5) is 0. The minimum Gasteiger partial charge on any atom is -0.330 e. The molecule has 0 heterocycles. The number of hydrogen-bond acceptors (Lipinski definition) is 3. The summed E-state index contributed by atoms with van der Waals surface area (Å²) in [5.74, 6) is 0.136. The number of rotatable bonds is 5. The lowest BCUT2D eigenvalue weighted by Gasteiger charge is -2.32. The van der Waals surface area contributed by atoms with E-state index in [1.807, 2.05) is 41.5 Å². The van der Waals surface area contributed by atoms with Crippen LogP contribution < -0.4 is 10.5 Å². The van der Waals surface area contributed by atoms with Gasteiger partial charge in [-0.2, -0.15) is 0 Å². The maximum absolute atomic E-state index is 12.0. The van der Waals surface area contributed by atoms with Crippen molar-refractivity contribution in [1.29, 1.82) is 0 Å². The second kappa shape index (κ2) is 5.67. The Hall–Kier alpha value is -0.130. The van der Waals surface area contributed by atoms with E-state index in [9.17, 15) is 8.42 Å². The predicted octanol–water partition coefficient (Wildman–Crippen LogP) is 1.72. The van der Waals surface area contributed by atoms with Crippen LogP contribution in [0.4, 0.5) is 0 Å². The van der Waals surface area contributed by atoms with Crippen LogP contribution >= 0.6 is 0 Å². The molecule has 0 aromatic carbocycles. The number of sulfonamides is 1. The highest BCUT2D eigenvalue weighted by Crippen LogP contribution is 2.23. The largest absolute Gasteiger partial charge is 0.330 e. The molecular formula is C12H28N2O2S. The fraction of sp³-hybridized carbons (Fsp3) is 1.00. The summed E-state index contributed by atoms with van der Waals surface area (Å²) in [7, 11) is -3.25. The molecule has 0 bridgehead atoms. The van der Waals surface area contributed by atoms with Gasteiger partial charge in [0.1, 0.15) is 0 Å². The molecule has 1 unspecified atom stereocenters. The van der Waals surface area contributed by atoms with Gasteiger partial charge in [0.05, 0.1) is 5.75 Å². The Morgan fingerprint density at radius 3 is 1.88 bits per heavy atom. The maximum Gasteiger partial charge on any atom is 0.212 e. The van der Waals surface area contributed by atoms with Crippen molar-refractivity contribution in [2.75, 3.05) is 12.3 Å². The molecule has 0 aliphatic heterocycles. The molecule has 0 aromatic rings. The Labute approximate surface area is 106 Å². The second-order valence-corrected chi connectivity index (χ2v) is 8.69. The Bertz CT molecular complexity index is 323. The number of hydrogen-bond donors (Lipinski definition) is 2. The third-order valence-corrected chi connectivity index (χ3v) is 4.34. The van der Waals surface area contributed by atoms with Gasteiger partial charge in [-0.05, 0) is 23.8 Å². The van der Waals surface area contributed by atoms with Crippen LogP contribution in [0.2, 0.25) is 0 Å². The molecule has 104 valence electrons. The Kier molecular flexibility index (Phi) is 5.63. The molecular weight excluding hydrogens is 236 g/mol. The summed E-state index contributed by atoms with van der Waals surface area (Å²) < 4.78 is 26.8. The monoisotopic (exact) mass is 264 g/mol. The van der Waals surface area contributed by atoms with Crippen molar-refractivity contribution >= 4 is 10.0 Å². The van der Waals surface area contributed by atoms with E-state index in [0.29, 0.717) is 13.0 Å². The second-order valence-electron chi connectivity index (χ2n) is 6.93. The quantitative estimate of drug-likeness (QED) is 0.794. The molecule has 0 saturated heterocycles. The summed E-state index contributed by atoms with van der Waals surface area (Å²) in [6, 6.07) is -0.111. The molecule has 17 heavy (non-hydrogen) atoms. The van der Waals surface area contributed by atoms with E-state index >= 15 is 0 Å². The molecule has 1 atom stereocenters. The first-order valence-corrected chi connectivity index (χ1v) is 7.73. The van der Waals surface area contributed by atoms with Gasteiger partial charge in [0.15, 0.2) is 0 Å². The summed E-state index contributed by atoms with van der Waals surface area (Å²) in [5.41, 5.74) is 5.18. The molecule has 3 N–H and O–H groups in total. The summed E-state index contributed by atoms with van der Waals surface area (Å²) in [5, 5.41) is 0. The highest BCUT2D eigenvalue weighted by atomic mass is 32.2. The normalized spacial score (nSPS) is 15.9. The molecule has 4 nitrogen and oxygen atoms in total. The van der Waals surface area contributed by atoms with Crippen molar-refractivity contribution in [3.05, 3.63) is 0 Å². The van der Waals surface area contributed by atoms with Crippen molar-refractivity contribution in [3.63, 3.8) is 0 Å². The summed E-state index contributed by atoms with van der Waals surface area (Å²) >= 11 is 0. The van der Waals surface area contributed by atoms with Gasteiger partial charge in [-0.3, -0.25) is 0 Å². The average molecular weight is 264 g/mol. The lowest BCUT2D eigenvalue weighted by molar-refractivity contribution is 0.286. The first kappa shape index (κ1) is 16.9. The lowest BCUT2D eigenvalue weighted by atomic mass is 9.85. The predicted molar refractivity (Wildman–Crippen MR) is 73.3 cm³/mol. The molecule has 0 rings (SSSR count). The van der Waals surface area contributed by atoms with Crippen LogP contribution in [0.3, 0.4) is 0 Å². The third kappa shape index (κ3) is 7.73. The van der Waals surface area contributed by atoms with E-state index in [4.69, 9.17) is 5.73 Å². The van der Waals surface area contributed by atoms with Crippen LogP contribution in [-0.4, -0.2) is 26.8 Å². The van der Waals surface area contributed by atoms with Crippen molar-refractivity contribution in [2.24, 2.45) is 16.6 Å². The van der Waals surface area contributed by atoms with Crippen LogP contribution in [0.25, 0.3) is 0 Å². The van der Waals surface area contributed by atoms with E-state index in [1.165, 1.54) is 0 Å². The van der Waals surface area contributed by atoms with E-state index < -0.39 is 10.0 Å². The van der Waals surface area contributed by atoms with Crippen LogP contribution in [0.1, 0.15) is 48.0 Å². The van der Waals surface area contributed by atoms with E-state index in [-0.39, 0.29) is 22.6 Å². The van der Waals surface area contributed by atoms with Crippen LogP contribution in [0, 0.1) is 10.8 Å². The van der Waals surface area contributed by atoms with Gasteiger partial charge in [0.25, 0.3) is 0 Å². The molecule has 0 amide bonds. The molecule has 5 heteroatoms. The topological polar surface area (TPSA) is 72.2 Å². The highest BCUT2D eigenvalue weighted by molar-refractivity contribution is 7.89. The average Bonchev–Trinajstić information content (AvgIpc) is 1.96. The standard InChI is InChI=1S/C12H28N2O2S/c1-11(2,3)9-17(15,16)14-10(7-8-13)12(4,5)6/h10,14H,7-9,13H2,1-6H3. The minimum absolute atomic E-state index is 0.111. The van der Waals surface area contributed by atoms with Gasteiger partial charge in [-0.15, -0.1) is 0 Å². The summed E-state index contributed by atoms with van der Waals surface area (Å²) in [6.07, 6.45) is 0.660. The zero-order valence-corrected chi connectivity index (χ0v) is 12.8. The van der Waals surface area contributed by atoms with E-state index in [0.717, 1.165) is 0 Å². The van der Waals surface area contributed by atoms with E-state index in [1.54, 1.807) is 0 Å². The van der Waals surface area contributed by atoms with Crippen LogP contribution in [0.5, 0.6) is 0 Å². The molecule has 0 aliphatic carbocycles. The van der Waals surface area contributed by atoms with Crippen molar-refractivity contribution < 1.29 is 8.42 Å². The molecule has 0 fully saturated rings. The van der Waals surface area contributed by atoms with Crippen LogP contribution in [-0.2, 0) is 10.0 Å². The van der Waals surface area contributed by atoms with Crippen molar-refractivity contribution in [1.82, 2.24) is 4.72 Å². The van der Waals surface area contributed by atoms with Gasteiger partial charge < -0.3 is 5.73 Å². The molecule has 0 aromatic heterocycles. The minimum atomic E-state index is -3.25. The Morgan fingerprint density at radius 1 is 1.12 bits per heavy atom. The number of nitrogens with two attached hydrogens (primary N) is 1. The van der Waals surface area contributed by atoms with Gasteiger partial charge in [0, 0.05) is 6.04 Å². The Balaban J connectivity index is 4.77.